The van der Waals surface area contributed by atoms with Gasteiger partial charge in [0.25, 0.3) is 0 Å². The highest BCUT2D eigenvalue weighted by Crippen LogP contribution is 2.27. The molecule has 1 atom stereocenters. The summed E-state index contributed by atoms with van der Waals surface area (Å²) < 4.78 is 0. The summed E-state index contributed by atoms with van der Waals surface area (Å²) in [5.74, 6) is 0.417. The Kier molecular flexibility index (Phi) is 4.48. The number of alkyl halides is 1. The summed E-state index contributed by atoms with van der Waals surface area (Å²) >= 11 is 5.67. The minimum atomic E-state index is -0.179. The van der Waals surface area contributed by atoms with Gasteiger partial charge in [0, 0.05) is 17.6 Å². The molecule has 4 heteroatoms. The topological polar surface area (TPSA) is 41.1 Å². The highest BCUT2D eigenvalue weighted by atomic mass is 35.5. The molecule has 0 aliphatic heterocycles. The van der Waals surface area contributed by atoms with Crippen molar-refractivity contribution in [3.05, 3.63) is 29.3 Å². The lowest BCUT2D eigenvalue weighted by Gasteiger charge is -2.20. The normalized spacial score (nSPS) is 15.7. The summed E-state index contributed by atoms with van der Waals surface area (Å²) in [6, 6.07) is 5.92. The van der Waals surface area contributed by atoms with Crippen molar-refractivity contribution in [2.45, 2.75) is 38.6 Å². The van der Waals surface area contributed by atoms with Crippen LogP contribution in [0.25, 0.3) is 0 Å². The average molecular weight is 267 g/mol. The number of carbonyl (C=O) groups is 1. The standard InChI is InChI=1S/C14H19ClN2O/c1-10(9-15)16-14(18)17-13-8-4-6-11-5-2-3-7-12(11)13/h4,6,8,10H,2-3,5,7,9H2,1H3,(H2,16,17,18)/t10-/m0/s1. The lowest BCUT2D eigenvalue weighted by molar-refractivity contribution is 0.250. The van der Waals surface area contributed by atoms with Gasteiger partial charge in [0.1, 0.15) is 0 Å². The third kappa shape index (κ3) is 3.16. The Labute approximate surface area is 113 Å². The molecule has 1 aromatic rings. The molecule has 18 heavy (non-hydrogen) atoms. The number of halogens is 1. The minimum Gasteiger partial charge on any atom is -0.334 e. The number of fused-ring (bicyclic) bond motifs is 1. The molecule has 0 fully saturated rings. The number of benzene rings is 1. The number of urea groups is 1. The molecule has 2 rings (SSSR count). The highest BCUT2D eigenvalue weighted by molar-refractivity contribution is 6.18. The predicted molar refractivity (Wildman–Crippen MR) is 75.4 cm³/mol. The lowest BCUT2D eigenvalue weighted by Crippen LogP contribution is -2.37. The summed E-state index contributed by atoms with van der Waals surface area (Å²) in [5.41, 5.74) is 3.59. The Morgan fingerprint density at radius 3 is 2.94 bits per heavy atom. The predicted octanol–water partition coefficient (Wildman–Crippen LogP) is 3.31. The quantitative estimate of drug-likeness (QED) is 0.810. The van der Waals surface area contributed by atoms with E-state index < -0.39 is 0 Å². The second-order valence-electron chi connectivity index (χ2n) is 4.80. The van der Waals surface area contributed by atoms with E-state index >= 15 is 0 Å². The Balaban J connectivity index is 2.07. The van der Waals surface area contributed by atoms with Gasteiger partial charge in [0.05, 0.1) is 0 Å². The van der Waals surface area contributed by atoms with Crippen LogP contribution in [0.4, 0.5) is 10.5 Å². The third-order valence-electron chi connectivity index (χ3n) is 3.25. The lowest BCUT2D eigenvalue weighted by atomic mass is 9.90. The van der Waals surface area contributed by atoms with E-state index in [0.29, 0.717) is 5.88 Å². The van der Waals surface area contributed by atoms with Crippen LogP contribution < -0.4 is 10.6 Å². The first-order valence-corrected chi connectivity index (χ1v) is 6.98. The fraction of sp³-hybridized carbons (Fsp3) is 0.500. The largest absolute Gasteiger partial charge is 0.334 e. The van der Waals surface area contributed by atoms with E-state index in [1.807, 2.05) is 19.1 Å². The molecule has 0 unspecified atom stereocenters. The maximum atomic E-state index is 11.8. The first kappa shape index (κ1) is 13.2. The molecule has 3 nitrogen and oxygen atoms in total. The first-order chi connectivity index (χ1) is 8.70. The van der Waals surface area contributed by atoms with E-state index in [1.54, 1.807) is 0 Å². The molecule has 0 spiro atoms. The van der Waals surface area contributed by atoms with Crippen molar-refractivity contribution in [2.24, 2.45) is 0 Å². The number of amides is 2. The Morgan fingerprint density at radius 2 is 2.17 bits per heavy atom. The molecule has 1 aromatic carbocycles. The number of aryl methyl sites for hydroxylation is 1. The Bertz CT molecular complexity index is 434. The Hall–Kier alpha value is -1.22. The number of nitrogens with one attached hydrogen (secondary N) is 2. The van der Waals surface area contributed by atoms with Crippen molar-refractivity contribution in [1.82, 2.24) is 5.32 Å². The van der Waals surface area contributed by atoms with Crippen LogP contribution in [0.5, 0.6) is 0 Å². The van der Waals surface area contributed by atoms with Gasteiger partial charge in [-0.3, -0.25) is 0 Å². The van der Waals surface area contributed by atoms with E-state index in [4.69, 9.17) is 11.6 Å². The molecule has 0 bridgehead atoms. The smallest absolute Gasteiger partial charge is 0.319 e. The number of hydrogen-bond acceptors (Lipinski definition) is 1. The van der Waals surface area contributed by atoms with Crippen molar-refractivity contribution in [2.75, 3.05) is 11.2 Å². The van der Waals surface area contributed by atoms with Crippen molar-refractivity contribution >= 4 is 23.3 Å². The summed E-state index contributed by atoms with van der Waals surface area (Å²) in [6.07, 6.45) is 4.61. The third-order valence-corrected chi connectivity index (χ3v) is 3.72. The molecule has 1 aliphatic rings. The van der Waals surface area contributed by atoms with E-state index in [1.165, 1.54) is 24.0 Å². The summed E-state index contributed by atoms with van der Waals surface area (Å²) in [7, 11) is 0. The summed E-state index contributed by atoms with van der Waals surface area (Å²) in [6.45, 7) is 1.88. The SMILES string of the molecule is C[C@@H](CCl)NC(=O)Nc1cccc2c1CCCC2. The van der Waals surface area contributed by atoms with E-state index in [2.05, 4.69) is 16.7 Å². The molecule has 0 saturated heterocycles. The van der Waals surface area contributed by atoms with Crippen LogP contribution in [0.3, 0.4) is 0 Å². The second-order valence-corrected chi connectivity index (χ2v) is 5.11. The van der Waals surface area contributed by atoms with Crippen LogP contribution in [0, 0.1) is 0 Å². The Morgan fingerprint density at radius 1 is 1.39 bits per heavy atom. The van der Waals surface area contributed by atoms with Crippen molar-refractivity contribution in [3.8, 4) is 0 Å². The monoisotopic (exact) mass is 266 g/mol. The first-order valence-electron chi connectivity index (χ1n) is 6.45. The van der Waals surface area contributed by atoms with Crippen LogP contribution in [0.15, 0.2) is 18.2 Å². The number of hydrogen-bond donors (Lipinski definition) is 2. The van der Waals surface area contributed by atoms with E-state index in [9.17, 15) is 4.79 Å². The molecular weight excluding hydrogens is 248 g/mol. The maximum absolute atomic E-state index is 11.8. The van der Waals surface area contributed by atoms with Crippen LogP contribution in [-0.4, -0.2) is 18.0 Å². The van der Waals surface area contributed by atoms with Crippen LogP contribution in [-0.2, 0) is 12.8 Å². The molecule has 0 saturated carbocycles. The zero-order valence-electron chi connectivity index (χ0n) is 10.6. The molecule has 98 valence electrons. The summed E-state index contributed by atoms with van der Waals surface area (Å²) in [5, 5.41) is 5.73. The molecule has 0 heterocycles. The zero-order valence-corrected chi connectivity index (χ0v) is 11.4. The average Bonchev–Trinajstić information content (AvgIpc) is 2.39. The van der Waals surface area contributed by atoms with Crippen LogP contribution in [0.1, 0.15) is 30.9 Å². The fourth-order valence-electron chi connectivity index (χ4n) is 2.32. The van der Waals surface area contributed by atoms with E-state index in [-0.39, 0.29) is 12.1 Å². The van der Waals surface area contributed by atoms with Crippen LogP contribution >= 0.6 is 11.6 Å². The van der Waals surface area contributed by atoms with Gasteiger partial charge in [-0.25, -0.2) is 4.79 Å². The van der Waals surface area contributed by atoms with Gasteiger partial charge in [-0.15, -0.1) is 11.6 Å². The van der Waals surface area contributed by atoms with Gasteiger partial charge in [0.2, 0.25) is 0 Å². The minimum absolute atomic E-state index is 0.0220. The van der Waals surface area contributed by atoms with Gasteiger partial charge in [0.15, 0.2) is 0 Å². The fourth-order valence-corrected chi connectivity index (χ4v) is 2.40. The summed E-state index contributed by atoms with van der Waals surface area (Å²) in [4.78, 5) is 11.8. The van der Waals surface area contributed by atoms with Gasteiger partial charge in [-0.2, -0.15) is 0 Å². The molecule has 1 aliphatic carbocycles. The van der Waals surface area contributed by atoms with Crippen molar-refractivity contribution < 1.29 is 4.79 Å². The van der Waals surface area contributed by atoms with Gasteiger partial charge in [-0.1, -0.05) is 12.1 Å². The van der Waals surface area contributed by atoms with Crippen molar-refractivity contribution in [1.29, 1.82) is 0 Å². The number of rotatable bonds is 3. The number of carbonyl (C=O) groups excluding carboxylic acids is 1. The van der Waals surface area contributed by atoms with Gasteiger partial charge < -0.3 is 10.6 Å². The molecule has 0 aromatic heterocycles. The molecule has 0 radical (unpaired) electrons. The van der Waals surface area contributed by atoms with Gasteiger partial charge >= 0.3 is 6.03 Å². The van der Waals surface area contributed by atoms with E-state index in [0.717, 1.165) is 18.5 Å². The second kappa shape index (κ2) is 6.10. The highest BCUT2D eigenvalue weighted by Gasteiger charge is 2.14. The molecule has 2 N–H and O–H groups in total. The molecular formula is C14H19ClN2O. The van der Waals surface area contributed by atoms with Crippen molar-refractivity contribution in [3.63, 3.8) is 0 Å². The number of anilines is 1. The van der Waals surface area contributed by atoms with Gasteiger partial charge in [-0.05, 0) is 49.8 Å². The zero-order chi connectivity index (χ0) is 13.0. The van der Waals surface area contributed by atoms with Crippen LogP contribution in [0.2, 0.25) is 0 Å². The molecule has 2 amide bonds. The maximum Gasteiger partial charge on any atom is 0.319 e.